The van der Waals surface area contributed by atoms with Crippen LogP contribution in [0.25, 0.3) is 0 Å². The number of nitro benzene ring substituents is 1. The average molecular weight is 340 g/mol. The molecule has 1 aromatic rings. The molecule has 24 heavy (non-hydrogen) atoms. The second-order valence-corrected chi connectivity index (χ2v) is 4.82. The highest BCUT2D eigenvalue weighted by Gasteiger charge is 2.24. The van der Waals surface area contributed by atoms with Crippen LogP contribution >= 0.6 is 0 Å². The number of ether oxygens (including phenoxy) is 2. The number of benzene rings is 1. The molecule has 0 aliphatic heterocycles. The summed E-state index contributed by atoms with van der Waals surface area (Å²) in [5.41, 5.74) is -0.527. The van der Waals surface area contributed by atoms with E-state index in [0.29, 0.717) is 19.4 Å². The van der Waals surface area contributed by atoms with Crippen LogP contribution < -0.4 is 14.8 Å². The molecule has 9 nitrogen and oxygen atoms in total. The Bertz CT molecular complexity index is 616. The van der Waals surface area contributed by atoms with Crippen molar-refractivity contribution in [1.29, 1.82) is 0 Å². The topological polar surface area (TPSA) is 128 Å². The number of hydrogen-bond donors (Lipinski definition) is 2. The molecule has 2 N–H and O–H groups in total. The van der Waals surface area contributed by atoms with Gasteiger partial charge < -0.3 is 19.9 Å². The number of nitrogens with one attached hydrogen (secondary N) is 1. The molecule has 0 aromatic heterocycles. The molecule has 0 radical (unpaired) electrons. The lowest BCUT2D eigenvalue weighted by molar-refractivity contribution is -0.385. The van der Waals surface area contributed by atoms with Gasteiger partial charge in [-0.1, -0.05) is 0 Å². The fraction of sp³-hybridized carbons (Fsp3) is 0.467. The number of hydrogen-bond acceptors (Lipinski definition) is 6. The van der Waals surface area contributed by atoms with E-state index in [0.717, 1.165) is 6.07 Å². The second-order valence-electron chi connectivity index (χ2n) is 4.82. The molecule has 0 spiro atoms. The maximum atomic E-state index is 12.2. The Morgan fingerprint density at radius 2 is 2.00 bits per heavy atom. The molecule has 132 valence electrons. The Hall–Kier alpha value is -2.84. The van der Waals surface area contributed by atoms with Crippen molar-refractivity contribution < 1.29 is 29.1 Å². The van der Waals surface area contributed by atoms with Crippen LogP contribution in [0.15, 0.2) is 12.1 Å². The predicted octanol–water partition coefficient (Wildman–Crippen LogP) is 1.99. The van der Waals surface area contributed by atoms with Crippen molar-refractivity contribution in [3.8, 4) is 11.5 Å². The summed E-state index contributed by atoms with van der Waals surface area (Å²) < 4.78 is 10.4. The lowest BCUT2D eigenvalue weighted by atomic mass is 10.1. The summed E-state index contributed by atoms with van der Waals surface area (Å²) in [5, 5.41) is 22.3. The summed E-state index contributed by atoms with van der Waals surface area (Å²) in [7, 11) is 1.35. The first-order valence-corrected chi connectivity index (χ1v) is 7.39. The van der Waals surface area contributed by atoms with E-state index >= 15 is 0 Å². The molecule has 1 aromatic carbocycles. The van der Waals surface area contributed by atoms with E-state index in [1.54, 1.807) is 6.92 Å². The predicted molar refractivity (Wildman–Crippen MR) is 84.6 cm³/mol. The minimum Gasteiger partial charge on any atom is -0.493 e. The summed E-state index contributed by atoms with van der Waals surface area (Å²) in [6.07, 6.45) is 0.873. The Balaban J connectivity index is 2.90. The van der Waals surface area contributed by atoms with Crippen molar-refractivity contribution >= 4 is 17.6 Å². The fourth-order valence-corrected chi connectivity index (χ4v) is 2.01. The van der Waals surface area contributed by atoms with Gasteiger partial charge in [-0.3, -0.25) is 19.7 Å². The third-order valence-electron chi connectivity index (χ3n) is 3.13. The lowest BCUT2D eigenvalue weighted by Crippen LogP contribution is -2.25. The lowest BCUT2D eigenvalue weighted by Gasteiger charge is -2.12. The highest BCUT2D eigenvalue weighted by atomic mass is 16.6. The van der Waals surface area contributed by atoms with Crippen molar-refractivity contribution in [2.75, 3.05) is 20.3 Å². The standard InChI is InChI=1S/C15H20N2O7/c1-3-24-13-8-10(11(17(21)22)9-12(13)23-2)15(20)16-7-5-4-6-14(18)19/h8-9H,3-7H2,1-2H3,(H,16,20)(H,18,19). The van der Waals surface area contributed by atoms with E-state index in [1.165, 1.54) is 13.2 Å². The minimum absolute atomic E-state index is 0.00699. The molecule has 0 saturated carbocycles. The van der Waals surface area contributed by atoms with E-state index in [2.05, 4.69) is 5.32 Å². The van der Waals surface area contributed by atoms with Gasteiger partial charge in [0.1, 0.15) is 5.56 Å². The van der Waals surface area contributed by atoms with Crippen molar-refractivity contribution in [2.24, 2.45) is 0 Å². The van der Waals surface area contributed by atoms with Gasteiger partial charge in [-0.25, -0.2) is 0 Å². The number of nitrogens with zero attached hydrogens (tertiary/aromatic N) is 1. The molecule has 0 atom stereocenters. The Morgan fingerprint density at radius 1 is 1.29 bits per heavy atom. The maximum absolute atomic E-state index is 12.2. The van der Waals surface area contributed by atoms with Crippen molar-refractivity contribution in [1.82, 2.24) is 5.32 Å². The van der Waals surface area contributed by atoms with Gasteiger partial charge in [0.25, 0.3) is 11.6 Å². The van der Waals surface area contributed by atoms with E-state index in [9.17, 15) is 19.7 Å². The van der Waals surface area contributed by atoms with Crippen LogP contribution in [-0.2, 0) is 4.79 Å². The number of carbonyl (C=O) groups is 2. The van der Waals surface area contributed by atoms with Crippen LogP contribution in [0.3, 0.4) is 0 Å². The highest BCUT2D eigenvalue weighted by Crippen LogP contribution is 2.34. The number of rotatable bonds is 10. The first-order chi connectivity index (χ1) is 11.4. The average Bonchev–Trinajstić information content (AvgIpc) is 2.53. The summed E-state index contributed by atoms with van der Waals surface area (Å²) in [4.78, 5) is 33.1. The molecule has 0 fully saturated rings. The zero-order chi connectivity index (χ0) is 18.1. The van der Waals surface area contributed by atoms with Crippen LogP contribution in [0.5, 0.6) is 11.5 Å². The van der Waals surface area contributed by atoms with Crippen molar-refractivity contribution in [3.63, 3.8) is 0 Å². The van der Waals surface area contributed by atoms with Gasteiger partial charge in [-0.05, 0) is 19.8 Å². The highest BCUT2D eigenvalue weighted by molar-refractivity contribution is 5.99. The van der Waals surface area contributed by atoms with E-state index in [-0.39, 0.29) is 30.0 Å². The van der Waals surface area contributed by atoms with Crippen LogP contribution in [0, 0.1) is 10.1 Å². The Labute approximate surface area is 138 Å². The quantitative estimate of drug-likeness (QED) is 0.378. The fourth-order valence-electron chi connectivity index (χ4n) is 2.01. The molecule has 0 aliphatic rings. The van der Waals surface area contributed by atoms with Gasteiger partial charge in [-0.15, -0.1) is 0 Å². The van der Waals surface area contributed by atoms with Gasteiger partial charge in [0.15, 0.2) is 11.5 Å². The third kappa shape index (κ3) is 5.41. The Kier molecular flexibility index (Phi) is 7.47. The van der Waals surface area contributed by atoms with Crippen LogP contribution in [0.2, 0.25) is 0 Å². The molecule has 0 bridgehead atoms. The normalized spacial score (nSPS) is 10.1. The number of amides is 1. The van der Waals surface area contributed by atoms with Gasteiger partial charge in [0, 0.05) is 19.0 Å². The third-order valence-corrected chi connectivity index (χ3v) is 3.13. The molecular weight excluding hydrogens is 320 g/mol. The van der Waals surface area contributed by atoms with Crippen LogP contribution in [-0.4, -0.2) is 42.2 Å². The maximum Gasteiger partial charge on any atom is 0.303 e. The molecule has 1 amide bonds. The summed E-state index contributed by atoms with van der Waals surface area (Å²) >= 11 is 0. The van der Waals surface area contributed by atoms with E-state index in [1.807, 2.05) is 0 Å². The summed E-state index contributed by atoms with van der Waals surface area (Å²) in [5.74, 6) is -1.13. The smallest absolute Gasteiger partial charge is 0.303 e. The molecule has 0 saturated heterocycles. The number of carbonyl (C=O) groups excluding carboxylic acids is 1. The van der Waals surface area contributed by atoms with E-state index < -0.39 is 22.5 Å². The van der Waals surface area contributed by atoms with Crippen LogP contribution in [0.1, 0.15) is 36.5 Å². The zero-order valence-electron chi connectivity index (χ0n) is 13.5. The summed E-state index contributed by atoms with van der Waals surface area (Å²) in [6.45, 7) is 2.27. The zero-order valence-corrected chi connectivity index (χ0v) is 13.5. The van der Waals surface area contributed by atoms with Crippen molar-refractivity contribution in [2.45, 2.75) is 26.2 Å². The monoisotopic (exact) mass is 340 g/mol. The first-order valence-electron chi connectivity index (χ1n) is 7.39. The number of unbranched alkanes of at least 4 members (excludes halogenated alkanes) is 1. The van der Waals surface area contributed by atoms with Gasteiger partial charge >= 0.3 is 5.97 Å². The van der Waals surface area contributed by atoms with Gasteiger partial charge in [0.2, 0.25) is 0 Å². The Morgan fingerprint density at radius 3 is 2.54 bits per heavy atom. The molecule has 0 aliphatic carbocycles. The second kappa shape index (κ2) is 9.33. The molecule has 0 unspecified atom stereocenters. The molecule has 1 rings (SSSR count). The minimum atomic E-state index is -0.909. The SMILES string of the molecule is CCOc1cc(C(=O)NCCCCC(=O)O)c([N+](=O)[O-])cc1OC. The number of nitro groups is 1. The van der Waals surface area contributed by atoms with Crippen molar-refractivity contribution in [3.05, 3.63) is 27.8 Å². The largest absolute Gasteiger partial charge is 0.493 e. The molecule has 9 heteroatoms. The van der Waals surface area contributed by atoms with E-state index in [4.69, 9.17) is 14.6 Å². The number of carboxylic acid groups (broad SMARTS) is 1. The number of methoxy groups -OCH3 is 1. The number of aliphatic carboxylic acids is 1. The number of carboxylic acids is 1. The first kappa shape index (κ1) is 19.2. The van der Waals surface area contributed by atoms with Gasteiger partial charge in [0.05, 0.1) is 24.7 Å². The van der Waals surface area contributed by atoms with Gasteiger partial charge in [-0.2, -0.15) is 0 Å². The molecule has 0 heterocycles. The van der Waals surface area contributed by atoms with Crippen LogP contribution in [0.4, 0.5) is 5.69 Å². The summed E-state index contributed by atoms with van der Waals surface area (Å²) in [6, 6.07) is 2.41. The molecular formula is C15H20N2O7.